The number of hydrogen-bond donors (Lipinski definition) is 0. The first-order valence-electron chi connectivity index (χ1n) is 16.3. The van der Waals surface area contributed by atoms with Gasteiger partial charge in [0.05, 0.1) is 37.1 Å². The van der Waals surface area contributed by atoms with Gasteiger partial charge >= 0.3 is 0 Å². The van der Waals surface area contributed by atoms with Crippen LogP contribution in [-0.4, -0.2) is 50.8 Å². The summed E-state index contributed by atoms with van der Waals surface area (Å²) in [6, 6.07) is 20.0. The molecule has 5 heteroatoms. The van der Waals surface area contributed by atoms with Gasteiger partial charge in [0.25, 0.3) is 0 Å². The first-order valence-corrected chi connectivity index (χ1v) is 16.3. The zero-order chi connectivity index (χ0) is 34.1. The second-order valence-corrected chi connectivity index (χ2v) is 11.4. The number of hydrogen-bond acceptors (Lipinski definition) is 5. The van der Waals surface area contributed by atoms with Crippen LogP contribution in [0.15, 0.2) is 60.7 Å². The van der Waals surface area contributed by atoms with Crippen molar-refractivity contribution < 1.29 is 23.7 Å². The Hall–Kier alpha value is -1.92. The Morgan fingerprint density at radius 2 is 0.837 bits per heavy atom. The first-order chi connectivity index (χ1) is 20.2. The molecular weight excluding hydrogens is 536 g/mol. The van der Waals surface area contributed by atoms with Gasteiger partial charge in [0, 0.05) is 20.3 Å². The van der Waals surface area contributed by atoms with Gasteiger partial charge in [0.2, 0.25) is 0 Å². The lowest BCUT2D eigenvalue weighted by Crippen LogP contribution is -2.04. The molecule has 2 aromatic rings. The second-order valence-electron chi connectivity index (χ2n) is 11.4. The fourth-order valence-electron chi connectivity index (χ4n) is 2.28. The van der Waals surface area contributed by atoms with Crippen LogP contribution < -0.4 is 4.74 Å². The molecule has 0 atom stereocenters. The van der Waals surface area contributed by atoms with E-state index in [-0.39, 0.29) is 6.10 Å². The van der Waals surface area contributed by atoms with Crippen molar-refractivity contribution in [3.63, 3.8) is 0 Å². The van der Waals surface area contributed by atoms with E-state index in [1.54, 1.807) is 7.11 Å². The van der Waals surface area contributed by atoms with E-state index in [9.17, 15) is 0 Å². The summed E-state index contributed by atoms with van der Waals surface area (Å²) >= 11 is 0. The van der Waals surface area contributed by atoms with E-state index in [0.29, 0.717) is 24.4 Å². The predicted molar refractivity (Wildman–Crippen MR) is 189 cm³/mol. The Kier molecular flexibility index (Phi) is 40.5. The van der Waals surface area contributed by atoms with Gasteiger partial charge in [-0.2, -0.15) is 0 Å². The molecule has 0 saturated carbocycles. The molecule has 0 aliphatic rings. The van der Waals surface area contributed by atoms with E-state index in [0.717, 1.165) is 31.5 Å². The molecule has 0 radical (unpaired) electrons. The summed E-state index contributed by atoms with van der Waals surface area (Å²) in [5.41, 5.74) is 1.24. The third-order valence-electron chi connectivity index (χ3n) is 4.83. The lowest BCUT2D eigenvalue weighted by molar-refractivity contribution is 0.0657. The lowest BCUT2D eigenvalue weighted by Gasteiger charge is -2.07. The standard InChI is InChI=1S/C10H14O.C9H12O.2C5H12O.C5H12.C4H10O/c1-9(2)11-8-10-6-4-3-5-7-10;1-8(2)10-9-6-4-3-5-7-9;2*1-4-6-5(2)3;1-4-5(2)3;1-4(2)5-3/h3-7,9H,8H2,1-2H3;3-8H,1-2H3;2*5H,4H2,1-3H3;5H,4H2,1-3H3;4H,1-3H3. The highest BCUT2D eigenvalue weighted by atomic mass is 16.5. The minimum atomic E-state index is 0.266. The van der Waals surface area contributed by atoms with E-state index in [1.165, 1.54) is 12.0 Å². The molecule has 0 fully saturated rings. The van der Waals surface area contributed by atoms with Gasteiger partial charge in [-0.15, -0.1) is 0 Å². The second kappa shape index (κ2) is 36.3. The summed E-state index contributed by atoms with van der Waals surface area (Å²) in [5, 5.41) is 0. The van der Waals surface area contributed by atoms with Crippen molar-refractivity contribution in [2.24, 2.45) is 5.92 Å². The third-order valence-corrected chi connectivity index (χ3v) is 4.83. The van der Waals surface area contributed by atoms with E-state index in [4.69, 9.17) is 23.7 Å². The van der Waals surface area contributed by atoms with Gasteiger partial charge in [-0.3, -0.25) is 0 Å². The summed E-state index contributed by atoms with van der Waals surface area (Å²) in [5.74, 6) is 1.83. The summed E-state index contributed by atoms with van der Waals surface area (Å²) < 4.78 is 25.7. The first kappa shape index (κ1) is 48.0. The zero-order valence-corrected chi connectivity index (χ0v) is 31.1. The fraction of sp³-hybridized carbons (Fsp3) is 0.684. The summed E-state index contributed by atoms with van der Waals surface area (Å²) in [6.45, 7) is 33.3. The van der Waals surface area contributed by atoms with Crippen molar-refractivity contribution >= 4 is 0 Å². The molecule has 0 spiro atoms. The van der Waals surface area contributed by atoms with E-state index >= 15 is 0 Å². The van der Waals surface area contributed by atoms with Crippen LogP contribution in [0.1, 0.15) is 116 Å². The highest BCUT2D eigenvalue weighted by Gasteiger charge is 1.94. The van der Waals surface area contributed by atoms with Crippen molar-refractivity contribution in [1.82, 2.24) is 0 Å². The lowest BCUT2D eigenvalue weighted by atomic mass is 10.2. The van der Waals surface area contributed by atoms with Gasteiger partial charge in [0.15, 0.2) is 0 Å². The molecule has 43 heavy (non-hydrogen) atoms. The van der Waals surface area contributed by atoms with Crippen LogP contribution in [0.25, 0.3) is 0 Å². The molecule has 0 aliphatic carbocycles. The smallest absolute Gasteiger partial charge is 0.119 e. The number of rotatable bonds is 11. The molecule has 2 rings (SSSR count). The molecule has 254 valence electrons. The van der Waals surface area contributed by atoms with Crippen molar-refractivity contribution in [3.05, 3.63) is 66.2 Å². The van der Waals surface area contributed by atoms with Crippen molar-refractivity contribution in [2.45, 2.75) is 147 Å². The quantitative estimate of drug-likeness (QED) is 0.254. The van der Waals surface area contributed by atoms with Crippen LogP contribution in [0.2, 0.25) is 0 Å². The third kappa shape index (κ3) is 53.1. The van der Waals surface area contributed by atoms with Crippen LogP contribution in [0.4, 0.5) is 0 Å². The molecule has 2 aromatic carbocycles. The van der Waals surface area contributed by atoms with Gasteiger partial charge < -0.3 is 23.7 Å². The predicted octanol–water partition coefficient (Wildman–Crippen LogP) is 11.0. The fourth-order valence-corrected chi connectivity index (χ4v) is 2.28. The van der Waals surface area contributed by atoms with Crippen molar-refractivity contribution in [1.29, 1.82) is 0 Å². The largest absolute Gasteiger partial charge is 0.491 e. The molecule has 0 aromatic heterocycles. The molecule has 0 amide bonds. The molecule has 5 nitrogen and oxygen atoms in total. The molecule has 0 unspecified atom stereocenters. The Morgan fingerprint density at radius 3 is 1.07 bits per heavy atom. The average Bonchev–Trinajstić information content (AvgIpc) is 2.94. The summed E-state index contributed by atoms with van der Waals surface area (Å²) in [4.78, 5) is 0. The topological polar surface area (TPSA) is 46.2 Å². The van der Waals surface area contributed by atoms with Crippen molar-refractivity contribution in [3.8, 4) is 5.75 Å². The highest BCUT2D eigenvalue weighted by Crippen LogP contribution is 2.09. The molecular formula is C38H72O5. The Morgan fingerprint density at radius 1 is 0.488 bits per heavy atom. The normalized spacial score (nSPS) is 10.0. The highest BCUT2D eigenvalue weighted by molar-refractivity contribution is 5.21. The van der Waals surface area contributed by atoms with Gasteiger partial charge in [-0.05, 0) is 107 Å². The Bertz CT molecular complexity index is 711. The molecule has 0 heterocycles. The maximum atomic E-state index is 5.43. The number of para-hydroxylation sites is 1. The maximum Gasteiger partial charge on any atom is 0.119 e. The van der Waals surface area contributed by atoms with Crippen LogP contribution >= 0.6 is 0 Å². The van der Waals surface area contributed by atoms with Gasteiger partial charge in [0.1, 0.15) is 5.75 Å². The summed E-state index contributed by atoms with van der Waals surface area (Å²) in [7, 11) is 1.70. The van der Waals surface area contributed by atoms with E-state index in [1.807, 2.05) is 132 Å². The molecule has 0 bridgehead atoms. The average molecular weight is 609 g/mol. The number of benzene rings is 2. The molecule has 0 N–H and O–H groups in total. The monoisotopic (exact) mass is 609 g/mol. The van der Waals surface area contributed by atoms with Crippen LogP contribution in [0.5, 0.6) is 5.75 Å². The van der Waals surface area contributed by atoms with Crippen LogP contribution in [-0.2, 0) is 25.6 Å². The number of ether oxygens (including phenoxy) is 5. The SMILES string of the molecule is CC(C)OCc1ccccc1.CC(C)Oc1ccccc1.CCC(C)C.CCOC(C)C.CCOC(C)C.COC(C)C. The van der Waals surface area contributed by atoms with E-state index < -0.39 is 0 Å². The number of methoxy groups -OCH3 is 1. The Balaban J connectivity index is -0.000000220. The van der Waals surface area contributed by atoms with Gasteiger partial charge in [-0.25, -0.2) is 0 Å². The maximum absolute atomic E-state index is 5.43. The summed E-state index contributed by atoms with van der Waals surface area (Å²) in [6.07, 6.45) is 3.07. The molecule has 0 saturated heterocycles. The molecule has 0 aliphatic heterocycles. The van der Waals surface area contributed by atoms with Crippen LogP contribution in [0, 0.1) is 5.92 Å². The minimum absolute atomic E-state index is 0.266. The van der Waals surface area contributed by atoms with Crippen LogP contribution in [0.3, 0.4) is 0 Å². The van der Waals surface area contributed by atoms with Gasteiger partial charge in [-0.1, -0.05) is 75.7 Å². The zero-order valence-electron chi connectivity index (χ0n) is 31.1. The Labute approximate surface area is 269 Å². The van der Waals surface area contributed by atoms with Crippen molar-refractivity contribution in [2.75, 3.05) is 20.3 Å². The van der Waals surface area contributed by atoms with E-state index in [2.05, 4.69) is 32.9 Å². The minimum Gasteiger partial charge on any atom is -0.491 e.